The second-order valence-electron chi connectivity index (χ2n) is 6.62. The minimum atomic E-state index is -0.0763. The molecule has 0 spiro atoms. The molecular weight excluding hydrogens is 358 g/mol. The summed E-state index contributed by atoms with van der Waals surface area (Å²) in [6.07, 6.45) is 3.80. The third kappa shape index (κ3) is 3.37. The van der Waals surface area contributed by atoms with E-state index >= 15 is 0 Å². The summed E-state index contributed by atoms with van der Waals surface area (Å²) in [6, 6.07) is 14.4. The van der Waals surface area contributed by atoms with Crippen LogP contribution in [0.2, 0.25) is 0 Å². The molecule has 0 aromatic carbocycles. The molecule has 0 saturated carbocycles. The van der Waals surface area contributed by atoms with Crippen molar-refractivity contribution in [1.82, 2.24) is 24.7 Å². The van der Waals surface area contributed by atoms with E-state index < -0.39 is 0 Å². The van der Waals surface area contributed by atoms with Crippen molar-refractivity contribution in [2.75, 3.05) is 19.7 Å². The van der Waals surface area contributed by atoms with Crippen LogP contribution in [-0.4, -0.2) is 44.4 Å². The van der Waals surface area contributed by atoms with E-state index in [4.69, 9.17) is 4.74 Å². The Morgan fingerprint density at radius 3 is 3.00 bits per heavy atom. The van der Waals surface area contributed by atoms with Crippen LogP contribution in [0.5, 0.6) is 0 Å². The Kier molecular flexibility index (Phi) is 4.41. The highest BCUT2D eigenvalue weighted by atomic mass is 32.1. The number of hydrogen-bond donors (Lipinski definition) is 0. The Morgan fingerprint density at radius 2 is 2.15 bits per heavy atom. The predicted octanol–water partition coefficient (Wildman–Crippen LogP) is 3.43. The lowest BCUT2D eigenvalue weighted by atomic mass is 10.1. The molecule has 0 unspecified atom stereocenters. The highest BCUT2D eigenvalue weighted by Crippen LogP contribution is 2.28. The molecule has 0 aliphatic carbocycles. The van der Waals surface area contributed by atoms with Gasteiger partial charge in [-0.2, -0.15) is 0 Å². The Bertz CT molecular complexity index is 1030. The summed E-state index contributed by atoms with van der Waals surface area (Å²) in [5, 5.41) is 10.8. The minimum absolute atomic E-state index is 0.0763. The zero-order chi connectivity index (χ0) is 18.1. The van der Waals surface area contributed by atoms with Crippen LogP contribution in [0.15, 0.2) is 60.2 Å². The molecule has 5 heterocycles. The Morgan fingerprint density at radius 1 is 1.15 bits per heavy atom. The molecule has 136 valence electrons. The van der Waals surface area contributed by atoms with Crippen molar-refractivity contribution in [3.63, 3.8) is 0 Å². The van der Waals surface area contributed by atoms with Crippen LogP contribution in [0, 0.1) is 0 Å². The molecule has 1 atom stereocenters. The zero-order valence-electron chi connectivity index (χ0n) is 14.7. The normalized spacial score (nSPS) is 18.1. The molecule has 0 bridgehead atoms. The van der Waals surface area contributed by atoms with E-state index in [0.29, 0.717) is 6.61 Å². The first-order valence-corrected chi connectivity index (χ1v) is 9.87. The molecule has 1 aliphatic rings. The van der Waals surface area contributed by atoms with Gasteiger partial charge in [-0.3, -0.25) is 9.88 Å². The fourth-order valence-electron chi connectivity index (χ4n) is 3.46. The zero-order valence-corrected chi connectivity index (χ0v) is 15.5. The van der Waals surface area contributed by atoms with E-state index in [9.17, 15) is 0 Å². The monoisotopic (exact) mass is 377 g/mol. The van der Waals surface area contributed by atoms with E-state index in [1.165, 1.54) is 4.88 Å². The number of ether oxygens (including phenoxy) is 1. The lowest BCUT2D eigenvalue weighted by Gasteiger charge is -2.31. The maximum absolute atomic E-state index is 6.03. The van der Waals surface area contributed by atoms with Gasteiger partial charge in [-0.1, -0.05) is 17.3 Å². The van der Waals surface area contributed by atoms with Gasteiger partial charge in [-0.25, -0.2) is 4.52 Å². The van der Waals surface area contributed by atoms with Crippen molar-refractivity contribution >= 4 is 16.9 Å². The maximum atomic E-state index is 6.03. The van der Waals surface area contributed by atoms with Gasteiger partial charge in [0.25, 0.3) is 0 Å². The number of pyridine rings is 2. The van der Waals surface area contributed by atoms with Gasteiger partial charge in [0.05, 0.1) is 17.8 Å². The van der Waals surface area contributed by atoms with Gasteiger partial charge < -0.3 is 4.74 Å². The summed E-state index contributed by atoms with van der Waals surface area (Å²) in [7, 11) is 0. The van der Waals surface area contributed by atoms with Gasteiger partial charge in [0.1, 0.15) is 11.8 Å². The third-order valence-corrected chi connectivity index (χ3v) is 5.73. The molecule has 1 fully saturated rings. The van der Waals surface area contributed by atoms with Crippen LogP contribution >= 0.6 is 11.3 Å². The van der Waals surface area contributed by atoms with E-state index in [-0.39, 0.29) is 6.10 Å². The average Bonchev–Trinajstić information content (AvgIpc) is 3.38. The van der Waals surface area contributed by atoms with Crippen molar-refractivity contribution in [1.29, 1.82) is 0 Å². The van der Waals surface area contributed by atoms with Crippen LogP contribution in [0.25, 0.3) is 16.0 Å². The summed E-state index contributed by atoms with van der Waals surface area (Å²) in [4.78, 5) is 8.02. The third-order valence-electron chi connectivity index (χ3n) is 4.81. The standard InChI is InChI=1S/C20H19N5OS/c1-2-8-21-16(4-1)13-24-9-10-26-18(14-24)20-17-7-6-15(12-25(17)23-22-20)19-5-3-11-27-19/h1-8,11-12,18H,9-10,13-14H2/t18-/m0/s1. The van der Waals surface area contributed by atoms with Crippen molar-refractivity contribution < 1.29 is 4.74 Å². The van der Waals surface area contributed by atoms with Gasteiger partial charge in [0.2, 0.25) is 0 Å². The van der Waals surface area contributed by atoms with Crippen molar-refractivity contribution in [3.05, 3.63) is 71.6 Å². The number of nitrogens with zero attached hydrogens (tertiary/aromatic N) is 5. The van der Waals surface area contributed by atoms with Crippen molar-refractivity contribution in [2.24, 2.45) is 0 Å². The molecule has 0 amide bonds. The number of fused-ring (bicyclic) bond motifs is 1. The molecule has 7 heteroatoms. The fourth-order valence-corrected chi connectivity index (χ4v) is 4.18. The SMILES string of the molecule is c1ccc(CN2CCO[C@H](c3nnn4cc(-c5cccs5)ccc34)C2)nc1. The first-order valence-electron chi connectivity index (χ1n) is 8.99. The largest absolute Gasteiger partial charge is 0.369 e. The Balaban J connectivity index is 1.38. The topological polar surface area (TPSA) is 55.5 Å². The van der Waals surface area contributed by atoms with Gasteiger partial charge in [0.15, 0.2) is 0 Å². The van der Waals surface area contributed by atoms with E-state index in [0.717, 1.165) is 42.1 Å². The van der Waals surface area contributed by atoms with Crippen LogP contribution in [0.4, 0.5) is 0 Å². The number of morpholine rings is 1. The van der Waals surface area contributed by atoms with Crippen LogP contribution in [0.1, 0.15) is 17.5 Å². The summed E-state index contributed by atoms with van der Waals surface area (Å²) >= 11 is 1.72. The highest BCUT2D eigenvalue weighted by molar-refractivity contribution is 7.13. The predicted molar refractivity (Wildman–Crippen MR) is 105 cm³/mol. The Labute approximate surface area is 161 Å². The van der Waals surface area contributed by atoms with Gasteiger partial charge in [-0.15, -0.1) is 16.4 Å². The van der Waals surface area contributed by atoms with Crippen LogP contribution < -0.4 is 0 Å². The summed E-state index contributed by atoms with van der Waals surface area (Å²) in [5.41, 5.74) is 4.13. The first-order chi connectivity index (χ1) is 13.4. The lowest BCUT2D eigenvalue weighted by molar-refractivity contribution is -0.0346. The molecule has 0 N–H and O–H groups in total. The molecule has 1 saturated heterocycles. The smallest absolute Gasteiger partial charge is 0.121 e. The van der Waals surface area contributed by atoms with Crippen molar-refractivity contribution in [3.8, 4) is 10.4 Å². The van der Waals surface area contributed by atoms with E-state index in [2.05, 4.69) is 55.9 Å². The molecule has 5 rings (SSSR count). The number of thiophene rings is 1. The summed E-state index contributed by atoms with van der Waals surface area (Å²) < 4.78 is 7.88. The molecular formula is C20H19N5OS. The first kappa shape index (κ1) is 16.6. The number of rotatable bonds is 4. The summed E-state index contributed by atoms with van der Waals surface area (Å²) in [5.74, 6) is 0. The molecule has 4 aromatic heterocycles. The molecule has 1 aliphatic heterocycles. The molecule has 4 aromatic rings. The fraction of sp³-hybridized carbons (Fsp3) is 0.250. The quantitative estimate of drug-likeness (QED) is 0.545. The second-order valence-corrected chi connectivity index (χ2v) is 7.56. The second kappa shape index (κ2) is 7.19. The van der Waals surface area contributed by atoms with Gasteiger partial charge in [-0.05, 0) is 35.7 Å². The van der Waals surface area contributed by atoms with E-state index in [1.54, 1.807) is 11.3 Å². The summed E-state index contributed by atoms with van der Waals surface area (Å²) in [6.45, 7) is 3.19. The van der Waals surface area contributed by atoms with Crippen LogP contribution in [-0.2, 0) is 11.3 Å². The number of hydrogen-bond acceptors (Lipinski definition) is 6. The highest BCUT2D eigenvalue weighted by Gasteiger charge is 2.26. The van der Waals surface area contributed by atoms with Gasteiger partial charge in [0, 0.05) is 42.5 Å². The van der Waals surface area contributed by atoms with Gasteiger partial charge >= 0.3 is 0 Å². The van der Waals surface area contributed by atoms with E-state index in [1.807, 2.05) is 29.0 Å². The molecule has 27 heavy (non-hydrogen) atoms. The Hall–Kier alpha value is -2.61. The minimum Gasteiger partial charge on any atom is -0.369 e. The molecule has 0 radical (unpaired) electrons. The van der Waals surface area contributed by atoms with Crippen molar-refractivity contribution in [2.45, 2.75) is 12.6 Å². The number of aromatic nitrogens is 4. The van der Waals surface area contributed by atoms with Crippen LogP contribution in [0.3, 0.4) is 0 Å². The average molecular weight is 377 g/mol. The lowest BCUT2D eigenvalue weighted by Crippen LogP contribution is -2.38. The maximum Gasteiger partial charge on any atom is 0.121 e. The molecule has 6 nitrogen and oxygen atoms in total.